The quantitative estimate of drug-likeness (QED) is 0.381. The molecule has 1 aromatic carbocycles. The van der Waals surface area contributed by atoms with E-state index in [0.717, 1.165) is 29.6 Å². The number of hydrogen-bond donors (Lipinski definition) is 2. The van der Waals surface area contributed by atoms with Crippen LogP contribution in [0.4, 0.5) is 0 Å². The maximum atomic E-state index is 5.42. The van der Waals surface area contributed by atoms with Crippen LogP contribution >= 0.6 is 24.0 Å². The molecule has 0 aliphatic rings. The van der Waals surface area contributed by atoms with E-state index in [0.29, 0.717) is 6.54 Å². The Kier molecular flexibility index (Phi) is 9.61. The van der Waals surface area contributed by atoms with E-state index in [9.17, 15) is 0 Å². The van der Waals surface area contributed by atoms with Crippen molar-refractivity contribution in [3.8, 4) is 11.5 Å². The summed E-state index contributed by atoms with van der Waals surface area (Å²) in [5.41, 5.74) is 1.00. The zero-order valence-electron chi connectivity index (χ0n) is 16.8. The van der Waals surface area contributed by atoms with Crippen molar-refractivity contribution in [1.29, 1.82) is 0 Å². The fourth-order valence-corrected chi connectivity index (χ4v) is 2.29. The largest absolute Gasteiger partial charge is 0.493 e. The van der Waals surface area contributed by atoms with Crippen LogP contribution in [0.3, 0.4) is 0 Å². The van der Waals surface area contributed by atoms with E-state index in [1.807, 2.05) is 12.1 Å². The van der Waals surface area contributed by atoms with Gasteiger partial charge in [-0.3, -0.25) is 4.99 Å². The molecule has 0 aromatic heterocycles. The maximum Gasteiger partial charge on any atom is 0.191 e. The highest BCUT2D eigenvalue weighted by Crippen LogP contribution is 2.33. The van der Waals surface area contributed by atoms with Gasteiger partial charge in [-0.05, 0) is 45.4 Å². The molecule has 0 spiro atoms. The van der Waals surface area contributed by atoms with Crippen LogP contribution in [-0.2, 0) is 5.41 Å². The zero-order chi connectivity index (χ0) is 18.4. The van der Waals surface area contributed by atoms with Crippen LogP contribution in [-0.4, -0.2) is 38.8 Å². The first-order chi connectivity index (χ1) is 11.1. The second kappa shape index (κ2) is 10.1. The van der Waals surface area contributed by atoms with Crippen LogP contribution in [0.1, 0.15) is 47.1 Å². The van der Waals surface area contributed by atoms with Gasteiger partial charge < -0.3 is 20.1 Å². The molecule has 25 heavy (non-hydrogen) atoms. The van der Waals surface area contributed by atoms with E-state index in [1.165, 1.54) is 0 Å². The molecule has 0 heterocycles. The first-order valence-corrected chi connectivity index (χ1v) is 8.42. The minimum Gasteiger partial charge on any atom is -0.493 e. The van der Waals surface area contributed by atoms with Crippen molar-refractivity contribution in [3.63, 3.8) is 0 Å². The number of nitrogens with one attached hydrogen (secondary N) is 2. The summed E-state index contributed by atoms with van der Waals surface area (Å²) >= 11 is 0. The average molecular weight is 463 g/mol. The van der Waals surface area contributed by atoms with E-state index < -0.39 is 0 Å². The lowest BCUT2D eigenvalue weighted by Gasteiger charge is -2.27. The zero-order valence-corrected chi connectivity index (χ0v) is 19.1. The molecule has 0 radical (unpaired) electrons. The van der Waals surface area contributed by atoms with Gasteiger partial charge in [0.25, 0.3) is 0 Å². The Balaban J connectivity index is 0.00000576. The SMILES string of the molecule is CCNC(=NCC(C)(C)c1ccc(OC)c(OC)c1)NC(C)(C)C.I. The Hall–Kier alpha value is -1.18. The minimum atomic E-state index is -0.125. The van der Waals surface area contributed by atoms with Gasteiger partial charge in [0.2, 0.25) is 0 Å². The van der Waals surface area contributed by atoms with Crippen LogP contribution in [0.25, 0.3) is 0 Å². The highest BCUT2D eigenvalue weighted by molar-refractivity contribution is 14.0. The highest BCUT2D eigenvalue weighted by Gasteiger charge is 2.23. The van der Waals surface area contributed by atoms with Crippen molar-refractivity contribution < 1.29 is 9.47 Å². The Morgan fingerprint density at radius 2 is 1.64 bits per heavy atom. The van der Waals surface area contributed by atoms with Gasteiger partial charge in [0.1, 0.15) is 0 Å². The lowest BCUT2D eigenvalue weighted by molar-refractivity contribution is 0.353. The van der Waals surface area contributed by atoms with Crippen LogP contribution in [0.15, 0.2) is 23.2 Å². The lowest BCUT2D eigenvalue weighted by atomic mass is 9.84. The predicted molar refractivity (Wildman–Crippen MR) is 117 cm³/mol. The van der Waals surface area contributed by atoms with Crippen LogP contribution in [0.5, 0.6) is 11.5 Å². The molecule has 1 aromatic rings. The van der Waals surface area contributed by atoms with E-state index in [2.05, 4.69) is 58.2 Å². The third kappa shape index (κ3) is 7.71. The fraction of sp³-hybridized carbons (Fsp3) is 0.632. The molecule has 6 heteroatoms. The molecule has 0 saturated carbocycles. The van der Waals surface area contributed by atoms with Gasteiger partial charge >= 0.3 is 0 Å². The van der Waals surface area contributed by atoms with Crippen molar-refractivity contribution in [2.24, 2.45) is 4.99 Å². The summed E-state index contributed by atoms with van der Waals surface area (Å²) < 4.78 is 10.7. The number of hydrogen-bond acceptors (Lipinski definition) is 3. The lowest BCUT2D eigenvalue weighted by Crippen LogP contribution is -2.48. The van der Waals surface area contributed by atoms with Gasteiger partial charge in [-0.25, -0.2) is 0 Å². The van der Waals surface area contributed by atoms with E-state index in [-0.39, 0.29) is 34.9 Å². The van der Waals surface area contributed by atoms with Gasteiger partial charge in [-0.2, -0.15) is 0 Å². The Labute approximate surface area is 170 Å². The minimum absolute atomic E-state index is 0. The molecule has 0 unspecified atom stereocenters. The molecular weight excluding hydrogens is 429 g/mol. The number of aliphatic imine (C=N–C) groups is 1. The number of methoxy groups -OCH3 is 2. The smallest absolute Gasteiger partial charge is 0.191 e. The molecule has 0 atom stereocenters. The summed E-state index contributed by atoms with van der Waals surface area (Å²) in [4.78, 5) is 4.77. The second-order valence-electron chi connectivity index (χ2n) is 7.52. The fourth-order valence-electron chi connectivity index (χ4n) is 2.29. The maximum absolute atomic E-state index is 5.42. The van der Waals surface area contributed by atoms with Gasteiger partial charge in [-0.1, -0.05) is 19.9 Å². The predicted octanol–water partition coefficient (Wildman–Crippen LogP) is 3.95. The molecule has 5 nitrogen and oxygen atoms in total. The average Bonchev–Trinajstić information content (AvgIpc) is 2.50. The molecule has 1 rings (SSSR count). The van der Waals surface area contributed by atoms with E-state index >= 15 is 0 Å². The molecule has 0 amide bonds. The summed E-state index contributed by atoms with van der Waals surface area (Å²) in [6.07, 6.45) is 0. The van der Waals surface area contributed by atoms with Crippen LogP contribution in [0, 0.1) is 0 Å². The highest BCUT2D eigenvalue weighted by atomic mass is 127. The van der Waals surface area contributed by atoms with Crippen LogP contribution < -0.4 is 20.1 Å². The molecule has 0 saturated heterocycles. The summed E-state index contributed by atoms with van der Waals surface area (Å²) in [6.45, 7) is 14.3. The Morgan fingerprint density at radius 1 is 1.04 bits per heavy atom. The van der Waals surface area contributed by atoms with Crippen molar-refractivity contribution in [2.45, 2.75) is 52.5 Å². The Morgan fingerprint density at radius 3 is 2.12 bits per heavy atom. The van der Waals surface area contributed by atoms with Gasteiger partial charge in [-0.15, -0.1) is 24.0 Å². The van der Waals surface area contributed by atoms with Gasteiger partial charge in [0.05, 0.1) is 20.8 Å². The Bertz CT molecular complexity index is 566. The number of ether oxygens (including phenoxy) is 2. The molecule has 0 bridgehead atoms. The molecule has 0 fully saturated rings. The molecule has 0 aliphatic carbocycles. The topological polar surface area (TPSA) is 54.9 Å². The molecular formula is C19H34IN3O2. The normalized spacial score (nSPS) is 12.2. The standard InChI is InChI=1S/C19H33N3O2.HI/c1-9-20-17(22-18(2,3)4)21-13-19(5,6)14-10-11-15(23-7)16(12-14)24-8;/h10-12H,9,13H2,1-8H3,(H2,20,21,22);1H. The second-order valence-corrected chi connectivity index (χ2v) is 7.52. The van der Waals surface area contributed by atoms with Gasteiger partial charge in [0.15, 0.2) is 17.5 Å². The molecule has 0 aliphatic heterocycles. The van der Waals surface area contributed by atoms with Gasteiger partial charge in [0, 0.05) is 17.5 Å². The summed E-state index contributed by atoms with van der Waals surface area (Å²) in [7, 11) is 3.30. The number of rotatable bonds is 6. The number of halogens is 1. The third-order valence-electron chi connectivity index (χ3n) is 3.64. The number of benzene rings is 1. The summed E-state index contributed by atoms with van der Waals surface area (Å²) in [5, 5.41) is 6.71. The molecule has 2 N–H and O–H groups in total. The van der Waals surface area contributed by atoms with Crippen molar-refractivity contribution >= 4 is 29.9 Å². The summed E-state index contributed by atoms with van der Waals surface area (Å²) in [6, 6.07) is 6.04. The third-order valence-corrected chi connectivity index (χ3v) is 3.64. The number of nitrogens with zero attached hydrogens (tertiary/aromatic N) is 1. The van der Waals surface area contributed by atoms with Crippen molar-refractivity contribution in [1.82, 2.24) is 10.6 Å². The monoisotopic (exact) mass is 463 g/mol. The van der Waals surface area contributed by atoms with Crippen molar-refractivity contribution in [2.75, 3.05) is 27.3 Å². The van der Waals surface area contributed by atoms with Crippen LogP contribution in [0.2, 0.25) is 0 Å². The van der Waals surface area contributed by atoms with E-state index in [1.54, 1.807) is 14.2 Å². The summed E-state index contributed by atoms with van der Waals surface area (Å²) in [5.74, 6) is 2.31. The first kappa shape index (κ1) is 23.8. The molecule has 144 valence electrons. The van der Waals surface area contributed by atoms with E-state index in [4.69, 9.17) is 14.5 Å². The first-order valence-electron chi connectivity index (χ1n) is 8.42. The van der Waals surface area contributed by atoms with Crippen molar-refractivity contribution in [3.05, 3.63) is 23.8 Å². The number of guanidine groups is 1.